The Hall–Kier alpha value is -1.27. The Labute approximate surface area is 145 Å². The highest BCUT2D eigenvalue weighted by atomic mass is 127. The molecule has 0 aliphatic heterocycles. The maximum absolute atomic E-state index is 8.93. The molecule has 2 aromatic rings. The van der Waals surface area contributed by atoms with E-state index in [1.54, 1.807) is 12.1 Å². The molecule has 0 atom stereocenters. The van der Waals surface area contributed by atoms with Gasteiger partial charge in [0.25, 0.3) is 0 Å². The summed E-state index contributed by atoms with van der Waals surface area (Å²) in [4.78, 5) is 0. The van der Waals surface area contributed by atoms with E-state index in [9.17, 15) is 0 Å². The van der Waals surface area contributed by atoms with E-state index >= 15 is 0 Å². The second-order valence-electron chi connectivity index (χ2n) is 4.44. The van der Waals surface area contributed by atoms with Crippen LogP contribution < -0.4 is 10.5 Å². The van der Waals surface area contributed by atoms with Gasteiger partial charge in [-0.05, 0) is 64.5 Å². The molecule has 1 aromatic heterocycles. The Morgan fingerprint density at radius 3 is 2.81 bits per heavy atom. The van der Waals surface area contributed by atoms with Crippen LogP contribution in [0, 0.1) is 21.8 Å². The van der Waals surface area contributed by atoms with Crippen LogP contribution in [-0.2, 0) is 13.2 Å². The molecule has 0 spiro atoms. The topological polar surface area (TPSA) is 76.9 Å². The van der Waals surface area contributed by atoms with Crippen molar-refractivity contribution >= 4 is 44.2 Å². The largest absolute Gasteiger partial charge is 0.484 e. The zero-order chi connectivity index (χ0) is 15.6. The number of anilines is 1. The normalized spacial score (nSPS) is 10.4. The van der Waals surface area contributed by atoms with Gasteiger partial charge < -0.3 is 10.5 Å². The minimum absolute atomic E-state index is 0.362. The first kappa shape index (κ1) is 16.1. The van der Waals surface area contributed by atoms with Gasteiger partial charge in [-0.15, -0.1) is 0 Å². The smallest absolute Gasteiger partial charge is 0.156 e. The maximum Gasteiger partial charge on any atom is 0.156 e. The summed E-state index contributed by atoms with van der Waals surface area (Å²) in [5.74, 6) is 0.600. The van der Waals surface area contributed by atoms with E-state index in [1.807, 2.05) is 18.5 Å². The van der Waals surface area contributed by atoms with Crippen molar-refractivity contribution < 1.29 is 4.74 Å². The number of nitriles is 1. The van der Waals surface area contributed by atoms with Gasteiger partial charge in [0, 0.05) is 6.54 Å². The molecule has 0 radical (unpaired) electrons. The summed E-state index contributed by atoms with van der Waals surface area (Å²) in [6.45, 7) is 5.11. The highest BCUT2D eigenvalue weighted by Crippen LogP contribution is 2.31. The summed E-state index contributed by atoms with van der Waals surface area (Å²) in [5.41, 5.74) is 8.85. The Balaban J connectivity index is 2.27. The van der Waals surface area contributed by atoms with Crippen LogP contribution in [0.3, 0.4) is 0 Å². The van der Waals surface area contributed by atoms with Crippen molar-refractivity contribution in [1.29, 1.82) is 5.26 Å². The third-order valence-corrected chi connectivity index (χ3v) is 4.84. The molecule has 0 aliphatic carbocycles. The first-order valence-electron chi connectivity index (χ1n) is 6.31. The van der Waals surface area contributed by atoms with E-state index < -0.39 is 0 Å². The maximum atomic E-state index is 8.93. The minimum Gasteiger partial charge on any atom is -0.484 e. The van der Waals surface area contributed by atoms with Crippen molar-refractivity contribution in [3.8, 4) is 11.8 Å². The van der Waals surface area contributed by atoms with Gasteiger partial charge in [0.15, 0.2) is 5.75 Å². The number of benzene rings is 1. The third-order valence-electron chi connectivity index (χ3n) is 3.01. The number of aromatic nitrogens is 2. The molecular weight excluding hydrogens is 447 g/mol. The Morgan fingerprint density at radius 1 is 1.52 bits per heavy atom. The molecule has 7 heteroatoms. The van der Waals surface area contributed by atoms with Crippen LogP contribution in [0.2, 0.25) is 0 Å². The van der Waals surface area contributed by atoms with E-state index in [2.05, 4.69) is 49.7 Å². The number of ether oxygens (including phenoxy) is 1. The van der Waals surface area contributed by atoms with Crippen LogP contribution in [0.25, 0.3) is 0 Å². The molecule has 0 aliphatic rings. The predicted octanol–water partition coefficient (Wildman–Crippen LogP) is 3.61. The Kier molecular flexibility index (Phi) is 5.11. The summed E-state index contributed by atoms with van der Waals surface area (Å²) in [6, 6.07) is 5.45. The van der Waals surface area contributed by atoms with Gasteiger partial charge in [0.05, 0.1) is 36.8 Å². The first-order chi connectivity index (χ1) is 9.97. The van der Waals surface area contributed by atoms with Gasteiger partial charge in [-0.1, -0.05) is 0 Å². The SMILES string of the molecule is CCn1nc(C)c(Br)c1COc1c(N)cc(C#N)cc1I. The van der Waals surface area contributed by atoms with Crippen LogP contribution in [0.1, 0.15) is 23.9 Å². The second kappa shape index (κ2) is 6.66. The van der Waals surface area contributed by atoms with Gasteiger partial charge in [0.2, 0.25) is 0 Å². The number of nitrogens with two attached hydrogens (primary N) is 1. The van der Waals surface area contributed by atoms with Gasteiger partial charge >= 0.3 is 0 Å². The lowest BCUT2D eigenvalue weighted by atomic mass is 10.2. The van der Waals surface area contributed by atoms with Crippen molar-refractivity contribution in [3.63, 3.8) is 0 Å². The van der Waals surface area contributed by atoms with E-state index in [0.29, 0.717) is 23.6 Å². The van der Waals surface area contributed by atoms with Gasteiger partial charge in [-0.25, -0.2) is 0 Å². The summed E-state index contributed by atoms with van der Waals surface area (Å²) in [7, 11) is 0. The monoisotopic (exact) mass is 460 g/mol. The molecule has 1 aromatic carbocycles. The molecule has 110 valence electrons. The molecule has 0 amide bonds. The van der Waals surface area contributed by atoms with Crippen molar-refractivity contribution in [2.24, 2.45) is 0 Å². The van der Waals surface area contributed by atoms with Crippen molar-refractivity contribution in [2.45, 2.75) is 27.0 Å². The van der Waals surface area contributed by atoms with Crippen molar-refractivity contribution in [1.82, 2.24) is 9.78 Å². The van der Waals surface area contributed by atoms with E-state index in [0.717, 1.165) is 26.0 Å². The van der Waals surface area contributed by atoms with Gasteiger partial charge in [-0.3, -0.25) is 4.68 Å². The fraction of sp³-hybridized carbons (Fsp3) is 0.286. The molecule has 2 rings (SSSR count). The number of rotatable bonds is 4. The van der Waals surface area contributed by atoms with Crippen LogP contribution in [0.4, 0.5) is 5.69 Å². The van der Waals surface area contributed by atoms with Gasteiger partial charge in [-0.2, -0.15) is 10.4 Å². The summed E-state index contributed by atoms with van der Waals surface area (Å²) in [5, 5.41) is 13.4. The molecule has 0 unspecified atom stereocenters. The number of hydrogen-bond acceptors (Lipinski definition) is 4. The average molecular weight is 461 g/mol. The van der Waals surface area contributed by atoms with Crippen molar-refractivity contribution in [2.75, 3.05) is 5.73 Å². The quantitative estimate of drug-likeness (QED) is 0.558. The highest BCUT2D eigenvalue weighted by Gasteiger charge is 2.15. The van der Waals surface area contributed by atoms with Crippen LogP contribution in [0.5, 0.6) is 5.75 Å². The number of nitrogens with zero attached hydrogens (tertiary/aromatic N) is 3. The fourth-order valence-electron chi connectivity index (χ4n) is 1.98. The second-order valence-corrected chi connectivity index (χ2v) is 6.39. The lowest BCUT2D eigenvalue weighted by Gasteiger charge is -2.12. The highest BCUT2D eigenvalue weighted by molar-refractivity contribution is 14.1. The molecule has 0 fully saturated rings. The standard InChI is InChI=1S/C14H14BrIN4O/c1-3-20-12(13(15)8(2)19-20)7-21-14-10(16)4-9(6-17)5-11(14)18/h4-5H,3,7,18H2,1-2H3. The first-order valence-corrected chi connectivity index (χ1v) is 8.18. The minimum atomic E-state index is 0.362. The summed E-state index contributed by atoms with van der Waals surface area (Å²) < 4.78 is 9.52. The molecule has 1 heterocycles. The predicted molar refractivity (Wildman–Crippen MR) is 93.0 cm³/mol. The van der Waals surface area contributed by atoms with Gasteiger partial charge in [0.1, 0.15) is 6.61 Å². The summed E-state index contributed by atoms with van der Waals surface area (Å²) in [6.07, 6.45) is 0. The van der Waals surface area contributed by atoms with Crippen molar-refractivity contribution in [3.05, 3.63) is 37.1 Å². The molecule has 0 saturated heterocycles. The number of aryl methyl sites for hydroxylation is 2. The zero-order valence-corrected chi connectivity index (χ0v) is 15.4. The molecule has 0 saturated carbocycles. The van der Waals surface area contributed by atoms with Crippen LogP contribution >= 0.6 is 38.5 Å². The molecule has 5 nitrogen and oxygen atoms in total. The summed E-state index contributed by atoms with van der Waals surface area (Å²) >= 11 is 5.66. The van der Waals surface area contributed by atoms with E-state index in [4.69, 9.17) is 15.7 Å². The number of nitrogen functional groups attached to an aromatic ring is 1. The molecule has 2 N–H and O–H groups in total. The number of hydrogen-bond donors (Lipinski definition) is 1. The van der Waals surface area contributed by atoms with E-state index in [1.165, 1.54) is 0 Å². The lowest BCUT2D eigenvalue weighted by Crippen LogP contribution is -2.08. The van der Waals surface area contributed by atoms with Crippen LogP contribution in [0.15, 0.2) is 16.6 Å². The average Bonchev–Trinajstić information content (AvgIpc) is 2.73. The third kappa shape index (κ3) is 3.32. The number of halogens is 2. The molecule has 0 bridgehead atoms. The van der Waals surface area contributed by atoms with E-state index in [-0.39, 0.29) is 0 Å². The zero-order valence-electron chi connectivity index (χ0n) is 11.7. The molecule has 21 heavy (non-hydrogen) atoms. The van der Waals surface area contributed by atoms with Crippen LogP contribution in [-0.4, -0.2) is 9.78 Å². The Morgan fingerprint density at radius 2 is 2.24 bits per heavy atom. The fourth-order valence-corrected chi connectivity index (χ4v) is 3.18. The lowest BCUT2D eigenvalue weighted by molar-refractivity contribution is 0.291. The Bertz CT molecular complexity index is 697. The molecular formula is C14H14BrIN4O.